The van der Waals surface area contributed by atoms with Gasteiger partial charge in [0.05, 0.1) is 18.5 Å². The number of anilines is 1. The highest BCUT2D eigenvalue weighted by molar-refractivity contribution is 7.92. The molecular formula is C23H29N3O3S. The summed E-state index contributed by atoms with van der Waals surface area (Å²) in [6.45, 7) is 2.20. The Kier molecular flexibility index (Phi) is 7.26. The maximum atomic E-state index is 12.4. The molecule has 7 heteroatoms. The Morgan fingerprint density at radius 3 is 2.23 bits per heavy atom. The molecule has 6 nitrogen and oxygen atoms in total. The molecule has 0 aromatic heterocycles. The summed E-state index contributed by atoms with van der Waals surface area (Å²) in [6.07, 6.45) is 7.72. The van der Waals surface area contributed by atoms with Gasteiger partial charge in [-0.25, -0.2) is 13.8 Å². The number of rotatable bonds is 6. The zero-order valence-corrected chi connectivity index (χ0v) is 18.4. The lowest BCUT2D eigenvalue weighted by molar-refractivity contribution is 0.0954. The van der Waals surface area contributed by atoms with Crippen molar-refractivity contribution in [2.75, 3.05) is 10.6 Å². The molecule has 2 aromatic carbocycles. The summed E-state index contributed by atoms with van der Waals surface area (Å²) in [4.78, 5) is 12.4. The van der Waals surface area contributed by atoms with E-state index in [0.717, 1.165) is 42.5 Å². The van der Waals surface area contributed by atoms with E-state index in [1.54, 1.807) is 24.3 Å². The predicted octanol–water partition coefficient (Wildman–Crippen LogP) is 4.40. The largest absolute Gasteiger partial charge is 0.271 e. The second kappa shape index (κ2) is 9.89. The number of carbonyl (C=O) groups is 1. The van der Waals surface area contributed by atoms with Crippen molar-refractivity contribution in [3.05, 3.63) is 65.2 Å². The minimum absolute atomic E-state index is 0.241. The van der Waals surface area contributed by atoms with Crippen molar-refractivity contribution in [3.63, 3.8) is 0 Å². The van der Waals surface area contributed by atoms with Gasteiger partial charge in [-0.15, -0.1) is 0 Å². The molecule has 0 radical (unpaired) electrons. The third-order valence-electron chi connectivity index (χ3n) is 5.39. The van der Waals surface area contributed by atoms with Crippen LogP contribution in [0.3, 0.4) is 0 Å². The van der Waals surface area contributed by atoms with E-state index in [9.17, 15) is 13.2 Å². The van der Waals surface area contributed by atoms with Gasteiger partial charge in [0.2, 0.25) is 10.0 Å². The fourth-order valence-corrected chi connectivity index (χ4v) is 4.44. The first-order chi connectivity index (χ1) is 14.3. The number of hydrogen-bond acceptors (Lipinski definition) is 4. The molecule has 0 saturated heterocycles. The van der Waals surface area contributed by atoms with Gasteiger partial charge in [-0.1, -0.05) is 37.1 Å². The third kappa shape index (κ3) is 5.92. The standard InChI is InChI=1S/C23H29N3O3S/c1-18-9-7-8-10-20(18)17-26(30(2,28)29)22-15-13-19(14-16-22)23(27)25-24-21-11-5-3-4-6-12-21/h7-10,13-16H,3-6,11-12,17H2,1-2H3,(H,25,27). The lowest BCUT2D eigenvalue weighted by Crippen LogP contribution is -2.29. The van der Waals surface area contributed by atoms with E-state index in [4.69, 9.17) is 0 Å². The van der Waals surface area contributed by atoms with E-state index >= 15 is 0 Å². The van der Waals surface area contributed by atoms with Crippen molar-refractivity contribution >= 4 is 27.3 Å². The molecule has 0 heterocycles. The molecule has 2 aromatic rings. The highest BCUT2D eigenvalue weighted by atomic mass is 32.2. The van der Waals surface area contributed by atoms with Gasteiger partial charge in [0.25, 0.3) is 5.91 Å². The van der Waals surface area contributed by atoms with Gasteiger partial charge in [-0.2, -0.15) is 5.10 Å². The Balaban J connectivity index is 1.74. The minimum Gasteiger partial charge on any atom is -0.267 e. The Morgan fingerprint density at radius 2 is 1.63 bits per heavy atom. The molecule has 1 aliphatic carbocycles. The maximum Gasteiger partial charge on any atom is 0.271 e. The highest BCUT2D eigenvalue weighted by Crippen LogP contribution is 2.22. The molecule has 3 rings (SSSR count). The zero-order valence-electron chi connectivity index (χ0n) is 17.6. The summed E-state index contributed by atoms with van der Waals surface area (Å²) >= 11 is 0. The number of benzene rings is 2. The van der Waals surface area contributed by atoms with Crippen LogP contribution in [-0.4, -0.2) is 26.3 Å². The molecule has 0 bridgehead atoms. The van der Waals surface area contributed by atoms with Crippen molar-refractivity contribution < 1.29 is 13.2 Å². The smallest absolute Gasteiger partial charge is 0.267 e. The lowest BCUT2D eigenvalue weighted by Gasteiger charge is -2.23. The molecule has 0 spiro atoms. The third-order valence-corrected chi connectivity index (χ3v) is 6.53. The lowest BCUT2D eigenvalue weighted by atomic mass is 10.1. The van der Waals surface area contributed by atoms with Crippen LogP contribution in [0.15, 0.2) is 53.6 Å². The van der Waals surface area contributed by atoms with Crippen LogP contribution in [0, 0.1) is 6.92 Å². The number of hydrogen-bond donors (Lipinski definition) is 1. The number of sulfonamides is 1. The van der Waals surface area contributed by atoms with E-state index in [1.165, 1.54) is 23.4 Å². The van der Waals surface area contributed by atoms with Crippen molar-refractivity contribution in [2.24, 2.45) is 5.10 Å². The molecule has 1 fully saturated rings. The molecule has 0 aliphatic heterocycles. The zero-order chi connectivity index (χ0) is 21.6. The summed E-state index contributed by atoms with van der Waals surface area (Å²) in [7, 11) is -3.48. The van der Waals surface area contributed by atoms with Gasteiger partial charge in [0.15, 0.2) is 0 Å². The number of aryl methyl sites for hydroxylation is 1. The molecule has 160 valence electrons. The normalized spacial score (nSPS) is 14.7. The molecule has 0 atom stereocenters. The van der Waals surface area contributed by atoms with Gasteiger partial charge in [0.1, 0.15) is 0 Å². The van der Waals surface area contributed by atoms with Crippen LogP contribution in [0.5, 0.6) is 0 Å². The molecule has 1 aliphatic rings. The van der Waals surface area contributed by atoms with Gasteiger partial charge in [0, 0.05) is 11.3 Å². The Morgan fingerprint density at radius 1 is 1.00 bits per heavy atom. The topological polar surface area (TPSA) is 78.8 Å². The van der Waals surface area contributed by atoms with E-state index in [0.29, 0.717) is 11.3 Å². The second-order valence-corrected chi connectivity index (χ2v) is 9.68. The summed E-state index contributed by atoms with van der Waals surface area (Å²) < 4.78 is 26.2. The second-order valence-electron chi connectivity index (χ2n) is 7.78. The minimum atomic E-state index is -3.48. The van der Waals surface area contributed by atoms with Crippen LogP contribution in [0.25, 0.3) is 0 Å². The highest BCUT2D eigenvalue weighted by Gasteiger charge is 2.19. The molecule has 1 N–H and O–H groups in total. The molecular weight excluding hydrogens is 398 g/mol. The molecule has 30 heavy (non-hydrogen) atoms. The van der Waals surface area contributed by atoms with Crippen LogP contribution >= 0.6 is 0 Å². The van der Waals surface area contributed by atoms with Crippen LogP contribution in [0.1, 0.15) is 60.0 Å². The van der Waals surface area contributed by atoms with Crippen molar-refractivity contribution in [2.45, 2.75) is 52.0 Å². The van der Waals surface area contributed by atoms with Crippen molar-refractivity contribution in [1.29, 1.82) is 0 Å². The predicted molar refractivity (Wildman–Crippen MR) is 121 cm³/mol. The van der Waals surface area contributed by atoms with Gasteiger partial charge in [-0.3, -0.25) is 9.10 Å². The van der Waals surface area contributed by atoms with Gasteiger partial charge in [-0.05, 0) is 68.0 Å². The molecule has 1 saturated carbocycles. The first kappa shape index (κ1) is 22.0. The maximum absolute atomic E-state index is 12.4. The summed E-state index contributed by atoms with van der Waals surface area (Å²) in [5, 5.41) is 4.29. The molecule has 0 unspecified atom stereocenters. The average molecular weight is 428 g/mol. The van der Waals surface area contributed by atoms with E-state index < -0.39 is 10.0 Å². The van der Waals surface area contributed by atoms with Crippen LogP contribution in [0.4, 0.5) is 5.69 Å². The van der Waals surface area contributed by atoms with Crippen LogP contribution in [-0.2, 0) is 16.6 Å². The van der Waals surface area contributed by atoms with Crippen molar-refractivity contribution in [1.82, 2.24) is 5.43 Å². The summed E-state index contributed by atoms with van der Waals surface area (Å²) in [6, 6.07) is 14.3. The number of carbonyl (C=O) groups excluding carboxylic acids is 1. The van der Waals surface area contributed by atoms with Gasteiger partial charge >= 0.3 is 0 Å². The monoisotopic (exact) mass is 427 g/mol. The Labute approximate surface area is 179 Å². The average Bonchev–Trinajstić information content (AvgIpc) is 2.99. The van der Waals surface area contributed by atoms with Gasteiger partial charge < -0.3 is 0 Å². The fraction of sp³-hybridized carbons (Fsp3) is 0.391. The fourth-order valence-electron chi connectivity index (χ4n) is 3.56. The van der Waals surface area contributed by atoms with E-state index in [2.05, 4.69) is 10.5 Å². The molecule has 1 amide bonds. The Bertz CT molecular complexity index is 1000. The van der Waals surface area contributed by atoms with Crippen LogP contribution < -0.4 is 9.73 Å². The quantitative estimate of drug-likeness (QED) is 0.548. The first-order valence-corrected chi connectivity index (χ1v) is 12.2. The first-order valence-electron chi connectivity index (χ1n) is 10.3. The number of amides is 1. The van der Waals surface area contributed by atoms with E-state index in [-0.39, 0.29) is 12.5 Å². The number of nitrogens with zero attached hydrogens (tertiary/aromatic N) is 2. The van der Waals surface area contributed by atoms with Crippen LogP contribution in [0.2, 0.25) is 0 Å². The number of nitrogens with one attached hydrogen (secondary N) is 1. The Hall–Kier alpha value is -2.67. The summed E-state index contributed by atoms with van der Waals surface area (Å²) in [5.41, 5.74) is 6.61. The summed E-state index contributed by atoms with van der Waals surface area (Å²) in [5.74, 6) is -0.289. The van der Waals surface area contributed by atoms with Crippen molar-refractivity contribution in [3.8, 4) is 0 Å². The van der Waals surface area contributed by atoms with E-state index in [1.807, 2.05) is 31.2 Å². The number of hydrazone groups is 1. The SMILES string of the molecule is Cc1ccccc1CN(c1ccc(C(=O)NN=C2CCCCCC2)cc1)S(C)(=O)=O.